The molecule has 0 radical (unpaired) electrons. The number of carbonyl (C=O) groups excluding carboxylic acids is 1. The van der Waals surface area contributed by atoms with E-state index in [-0.39, 0.29) is 30.7 Å². The van der Waals surface area contributed by atoms with Crippen LogP contribution in [0.25, 0.3) is 16.5 Å². The van der Waals surface area contributed by atoms with E-state index in [0.717, 1.165) is 34.9 Å². The number of aromatic nitrogens is 2. The van der Waals surface area contributed by atoms with Gasteiger partial charge in [0.25, 0.3) is 5.91 Å². The number of oxazole rings is 1. The summed E-state index contributed by atoms with van der Waals surface area (Å²) in [5, 5.41) is 3.63. The van der Waals surface area contributed by atoms with Crippen molar-refractivity contribution in [1.82, 2.24) is 15.3 Å². The Morgan fingerprint density at radius 2 is 2.10 bits per heavy atom. The molecule has 5 nitrogen and oxygen atoms in total. The van der Waals surface area contributed by atoms with Crippen LogP contribution in [0.1, 0.15) is 53.9 Å². The number of amides is 1. The molecule has 0 saturated heterocycles. The summed E-state index contributed by atoms with van der Waals surface area (Å²) in [6.07, 6.45) is 8.90. The predicted octanol–water partition coefficient (Wildman–Crippen LogP) is 5.14. The Morgan fingerprint density at radius 1 is 1.23 bits per heavy atom. The van der Waals surface area contributed by atoms with Gasteiger partial charge in [0, 0.05) is 30.0 Å². The van der Waals surface area contributed by atoms with Crippen molar-refractivity contribution in [3.63, 3.8) is 0 Å². The number of para-hydroxylation sites is 1. The summed E-state index contributed by atoms with van der Waals surface area (Å²) < 4.78 is 31.8. The first-order chi connectivity index (χ1) is 14.4. The first kappa shape index (κ1) is 18.9. The number of halogens is 2. The number of rotatable bonds is 4. The zero-order valence-corrected chi connectivity index (χ0v) is 16.3. The van der Waals surface area contributed by atoms with Gasteiger partial charge in [-0.15, -0.1) is 0 Å². The number of nitrogens with zero attached hydrogens (tertiary/aromatic N) is 2. The highest BCUT2D eigenvalue weighted by Crippen LogP contribution is 2.59. The first-order valence-corrected chi connectivity index (χ1v) is 10.1. The smallest absolute Gasteiger partial charge is 0.253 e. The van der Waals surface area contributed by atoms with Gasteiger partial charge < -0.3 is 9.73 Å². The molecular formula is C23H21F2N3O2. The van der Waals surface area contributed by atoms with Crippen LogP contribution >= 0.6 is 0 Å². The Balaban J connectivity index is 1.35. The van der Waals surface area contributed by atoms with E-state index in [1.807, 2.05) is 24.3 Å². The zero-order valence-electron chi connectivity index (χ0n) is 16.3. The fourth-order valence-electron chi connectivity index (χ4n) is 4.70. The molecule has 5 rings (SSSR count). The highest BCUT2D eigenvalue weighted by atomic mass is 19.3. The number of hydrogen-bond donors (Lipinski definition) is 1. The van der Waals surface area contributed by atoms with Gasteiger partial charge in [-0.2, -0.15) is 0 Å². The average molecular weight is 409 g/mol. The van der Waals surface area contributed by atoms with Gasteiger partial charge in [-0.25, -0.2) is 13.8 Å². The molecule has 0 unspecified atom stereocenters. The molecule has 2 aliphatic carbocycles. The molecule has 2 aliphatic rings. The fourth-order valence-corrected chi connectivity index (χ4v) is 4.70. The Hall–Kier alpha value is -3.09. The Labute approximate surface area is 172 Å². The second-order valence-corrected chi connectivity index (χ2v) is 8.35. The minimum absolute atomic E-state index is 0.00354. The van der Waals surface area contributed by atoms with Crippen LogP contribution in [0, 0.1) is 5.41 Å². The molecule has 3 aromatic rings. The van der Waals surface area contributed by atoms with E-state index in [0.29, 0.717) is 17.9 Å². The summed E-state index contributed by atoms with van der Waals surface area (Å²) in [6, 6.07) is 7.69. The van der Waals surface area contributed by atoms with Crippen LogP contribution in [0.5, 0.6) is 0 Å². The molecule has 1 fully saturated rings. The van der Waals surface area contributed by atoms with E-state index >= 15 is 0 Å². The third-order valence-electron chi connectivity index (χ3n) is 6.18. The van der Waals surface area contributed by atoms with Gasteiger partial charge in [0.2, 0.25) is 11.8 Å². The Bertz CT molecular complexity index is 1130. The molecular weight excluding hydrogens is 388 g/mol. The van der Waals surface area contributed by atoms with Gasteiger partial charge >= 0.3 is 0 Å². The SMILES string of the molecule is O=C(NCc1ncco1)c1cnc2c(C3=CCC4(CC3)CC(F)(F)C4)cccc2c1. The van der Waals surface area contributed by atoms with Crippen molar-refractivity contribution in [2.75, 3.05) is 0 Å². The Morgan fingerprint density at radius 3 is 2.80 bits per heavy atom. The van der Waals surface area contributed by atoms with E-state index in [9.17, 15) is 13.6 Å². The summed E-state index contributed by atoms with van der Waals surface area (Å²) in [4.78, 5) is 21.0. The van der Waals surface area contributed by atoms with E-state index < -0.39 is 5.92 Å². The van der Waals surface area contributed by atoms with Crippen LogP contribution in [0.2, 0.25) is 0 Å². The molecule has 0 bridgehead atoms. The normalized spacial score (nSPS) is 19.3. The van der Waals surface area contributed by atoms with Crippen LogP contribution in [-0.2, 0) is 6.54 Å². The number of alkyl halides is 2. The van der Waals surface area contributed by atoms with E-state index in [1.54, 1.807) is 6.20 Å². The van der Waals surface area contributed by atoms with E-state index in [4.69, 9.17) is 4.42 Å². The maximum atomic E-state index is 13.4. The molecule has 2 aromatic heterocycles. The standard InChI is InChI=1S/C23H21F2N3O2/c24-23(25)13-22(14-23)6-4-15(5-7-22)18-3-1-2-16-10-17(11-27-20(16)18)21(29)28-12-19-26-8-9-30-19/h1-4,8-11H,5-7,12-14H2,(H,28,29). The maximum Gasteiger partial charge on any atom is 0.253 e. The number of carbonyl (C=O) groups is 1. The number of hydrogen-bond acceptors (Lipinski definition) is 4. The number of nitrogens with one attached hydrogen (secondary N) is 1. The van der Waals surface area contributed by atoms with Gasteiger partial charge in [0.05, 0.1) is 23.8 Å². The van der Waals surface area contributed by atoms with E-state index in [1.165, 1.54) is 12.5 Å². The van der Waals surface area contributed by atoms with Gasteiger partial charge in [0.1, 0.15) is 6.26 Å². The summed E-state index contributed by atoms with van der Waals surface area (Å²) >= 11 is 0. The zero-order chi connectivity index (χ0) is 20.8. The largest absolute Gasteiger partial charge is 0.447 e. The maximum absolute atomic E-state index is 13.4. The van der Waals surface area contributed by atoms with Gasteiger partial charge in [-0.05, 0) is 36.3 Å². The molecule has 1 N–H and O–H groups in total. The van der Waals surface area contributed by atoms with Crippen LogP contribution < -0.4 is 5.32 Å². The molecule has 7 heteroatoms. The summed E-state index contributed by atoms with van der Waals surface area (Å²) in [5.41, 5.74) is 3.22. The quantitative estimate of drug-likeness (QED) is 0.648. The average Bonchev–Trinajstić information content (AvgIpc) is 3.24. The molecule has 1 spiro atoms. The highest BCUT2D eigenvalue weighted by Gasteiger charge is 2.55. The van der Waals surface area contributed by atoms with Crippen molar-refractivity contribution in [2.24, 2.45) is 5.41 Å². The van der Waals surface area contributed by atoms with Crippen LogP contribution in [-0.4, -0.2) is 21.8 Å². The molecule has 2 heterocycles. The van der Waals surface area contributed by atoms with Crippen LogP contribution in [0.4, 0.5) is 8.78 Å². The number of benzene rings is 1. The van der Waals surface area contributed by atoms with E-state index in [2.05, 4.69) is 21.4 Å². The molecule has 0 aliphatic heterocycles. The molecule has 0 atom stereocenters. The minimum Gasteiger partial charge on any atom is -0.447 e. The third-order valence-corrected chi connectivity index (χ3v) is 6.18. The van der Waals surface area contributed by atoms with Gasteiger partial charge in [0.15, 0.2) is 0 Å². The lowest BCUT2D eigenvalue weighted by molar-refractivity contribution is -0.163. The third kappa shape index (κ3) is 3.49. The molecule has 154 valence electrons. The van der Waals surface area contributed by atoms with Gasteiger partial charge in [-0.1, -0.05) is 24.3 Å². The van der Waals surface area contributed by atoms with Crippen molar-refractivity contribution in [2.45, 2.75) is 44.6 Å². The first-order valence-electron chi connectivity index (χ1n) is 10.1. The lowest BCUT2D eigenvalue weighted by Crippen LogP contribution is -2.46. The van der Waals surface area contributed by atoms with Crippen molar-refractivity contribution >= 4 is 22.4 Å². The van der Waals surface area contributed by atoms with Crippen LogP contribution in [0.3, 0.4) is 0 Å². The number of allylic oxidation sites excluding steroid dienone is 2. The molecule has 1 saturated carbocycles. The topological polar surface area (TPSA) is 68.0 Å². The molecule has 30 heavy (non-hydrogen) atoms. The summed E-state index contributed by atoms with van der Waals surface area (Å²) in [5.74, 6) is -2.31. The van der Waals surface area contributed by atoms with Crippen molar-refractivity contribution in [3.05, 3.63) is 66.0 Å². The lowest BCUT2D eigenvalue weighted by atomic mass is 9.59. The lowest BCUT2D eigenvalue weighted by Gasteiger charge is -2.49. The minimum atomic E-state index is -2.49. The van der Waals surface area contributed by atoms with Gasteiger partial charge in [-0.3, -0.25) is 9.78 Å². The monoisotopic (exact) mass is 409 g/mol. The number of pyridine rings is 1. The Kier molecular flexibility index (Phi) is 4.41. The van der Waals surface area contributed by atoms with Crippen LogP contribution in [0.15, 0.2) is 53.4 Å². The second-order valence-electron chi connectivity index (χ2n) is 8.35. The fraction of sp³-hybridized carbons (Fsp3) is 0.348. The van der Waals surface area contributed by atoms with Crippen molar-refractivity contribution < 1.29 is 18.0 Å². The summed E-state index contributed by atoms with van der Waals surface area (Å²) in [7, 11) is 0. The highest BCUT2D eigenvalue weighted by molar-refractivity contribution is 5.99. The second kappa shape index (κ2) is 7.00. The predicted molar refractivity (Wildman–Crippen MR) is 108 cm³/mol. The summed E-state index contributed by atoms with van der Waals surface area (Å²) in [6.45, 7) is 0.206. The molecule has 1 aromatic carbocycles. The molecule has 1 amide bonds. The van der Waals surface area contributed by atoms with Crippen molar-refractivity contribution in [1.29, 1.82) is 0 Å². The van der Waals surface area contributed by atoms with Crippen molar-refractivity contribution in [3.8, 4) is 0 Å². The number of fused-ring (bicyclic) bond motifs is 1.